The zero-order valence-electron chi connectivity index (χ0n) is 9.83. The van der Waals surface area contributed by atoms with Gasteiger partial charge in [0.1, 0.15) is 0 Å². The Morgan fingerprint density at radius 1 is 1.44 bits per heavy atom. The molecule has 6 heteroatoms. The first kappa shape index (κ1) is 12.9. The van der Waals surface area contributed by atoms with Crippen molar-refractivity contribution >= 4 is 29.2 Å². The number of hydrogen-bond acceptors (Lipinski definition) is 4. The van der Waals surface area contributed by atoms with Gasteiger partial charge in [-0.2, -0.15) is 0 Å². The predicted molar refractivity (Wildman–Crippen MR) is 67.6 cm³/mol. The number of nitrogens with one attached hydrogen (secondary N) is 1. The molecule has 0 spiro atoms. The number of carbonyl (C=O) groups excluding carboxylic acids is 2. The third kappa shape index (κ3) is 2.47. The van der Waals surface area contributed by atoms with Crippen molar-refractivity contribution in [3.05, 3.63) is 28.8 Å². The predicted octanol–water partition coefficient (Wildman–Crippen LogP) is 1.56. The maximum absolute atomic E-state index is 11.8. The van der Waals surface area contributed by atoms with Crippen molar-refractivity contribution in [1.29, 1.82) is 0 Å². The van der Waals surface area contributed by atoms with Crippen molar-refractivity contribution in [2.45, 2.75) is 18.4 Å². The number of anilines is 1. The van der Waals surface area contributed by atoms with E-state index < -0.39 is 11.5 Å². The number of benzene rings is 1. The number of halogens is 1. The highest BCUT2D eigenvalue weighted by atomic mass is 35.5. The maximum Gasteiger partial charge on any atom is 0.337 e. The van der Waals surface area contributed by atoms with Gasteiger partial charge in [-0.3, -0.25) is 4.79 Å². The third-order valence-electron chi connectivity index (χ3n) is 2.88. The smallest absolute Gasteiger partial charge is 0.337 e. The molecule has 1 aromatic rings. The molecule has 0 aromatic heterocycles. The molecule has 2 rings (SSSR count). The van der Waals surface area contributed by atoms with Crippen LogP contribution in [-0.4, -0.2) is 24.5 Å². The maximum atomic E-state index is 11.8. The van der Waals surface area contributed by atoms with Gasteiger partial charge in [0.05, 0.1) is 28.9 Å². The fraction of sp³-hybridized carbons (Fsp3) is 0.333. The summed E-state index contributed by atoms with van der Waals surface area (Å²) in [4.78, 5) is 23.2. The average molecular weight is 269 g/mol. The Morgan fingerprint density at radius 2 is 2.11 bits per heavy atom. The van der Waals surface area contributed by atoms with Crippen LogP contribution in [0.15, 0.2) is 18.2 Å². The van der Waals surface area contributed by atoms with Crippen LogP contribution < -0.4 is 11.1 Å². The molecule has 1 amide bonds. The molecule has 1 aliphatic carbocycles. The molecule has 5 nitrogen and oxygen atoms in total. The van der Waals surface area contributed by atoms with Gasteiger partial charge >= 0.3 is 5.97 Å². The summed E-state index contributed by atoms with van der Waals surface area (Å²) < 4.78 is 4.60. The van der Waals surface area contributed by atoms with E-state index in [1.54, 1.807) is 0 Å². The largest absolute Gasteiger partial charge is 0.465 e. The summed E-state index contributed by atoms with van der Waals surface area (Å²) in [6.07, 6.45) is 1.32. The fourth-order valence-electron chi connectivity index (χ4n) is 1.47. The van der Waals surface area contributed by atoms with E-state index in [0.717, 1.165) is 0 Å². The fourth-order valence-corrected chi connectivity index (χ4v) is 1.64. The normalized spacial score (nSPS) is 15.9. The monoisotopic (exact) mass is 268 g/mol. The Labute approximate surface area is 109 Å². The van der Waals surface area contributed by atoms with Gasteiger partial charge in [0.15, 0.2) is 0 Å². The Hall–Kier alpha value is -1.59. The van der Waals surface area contributed by atoms with E-state index in [-0.39, 0.29) is 5.91 Å². The molecule has 1 aromatic carbocycles. The number of amides is 1. The summed E-state index contributed by atoms with van der Waals surface area (Å²) in [5, 5.41) is 2.98. The lowest BCUT2D eigenvalue weighted by atomic mass is 10.2. The number of ether oxygens (including phenoxy) is 1. The Kier molecular flexibility index (Phi) is 3.28. The zero-order valence-corrected chi connectivity index (χ0v) is 10.6. The zero-order chi connectivity index (χ0) is 13.3. The number of esters is 1. The summed E-state index contributed by atoms with van der Waals surface area (Å²) in [7, 11) is 1.29. The number of hydrogen-bond donors (Lipinski definition) is 2. The second kappa shape index (κ2) is 4.59. The minimum Gasteiger partial charge on any atom is -0.465 e. The number of carbonyl (C=O) groups is 2. The van der Waals surface area contributed by atoms with E-state index in [9.17, 15) is 9.59 Å². The molecule has 0 bridgehead atoms. The first-order valence-corrected chi connectivity index (χ1v) is 5.82. The highest BCUT2D eigenvalue weighted by molar-refractivity contribution is 6.34. The number of nitrogens with two attached hydrogens (primary N) is 1. The molecule has 1 fully saturated rings. The van der Waals surface area contributed by atoms with Crippen LogP contribution in [0.5, 0.6) is 0 Å². The van der Waals surface area contributed by atoms with Gasteiger partial charge in [0, 0.05) is 0 Å². The molecule has 0 saturated heterocycles. The highest BCUT2D eigenvalue weighted by Crippen LogP contribution is 2.34. The van der Waals surface area contributed by atoms with Crippen LogP contribution in [0.2, 0.25) is 5.02 Å². The lowest BCUT2D eigenvalue weighted by Crippen LogP contribution is -2.37. The van der Waals surface area contributed by atoms with E-state index in [0.29, 0.717) is 29.1 Å². The molecular formula is C12H13ClN2O3. The molecule has 1 aliphatic rings. The summed E-state index contributed by atoms with van der Waals surface area (Å²) in [6, 6.07) is 4.52. The lowest BCUT2D eigenvalue weighted by molar-refractivity contribution is -0.118. The van der Waals surface area contributed by atoms with Gasteiger partial charge < -0.3 is 15.8 Å². The quantitative estimate of drug-likeness (QED) is 0.815. The summed E-state index contributed by atoms with van der Waals surface area (Å²) in [5.41, 5.74) is 5.66. The van der Waals surface area contributed by atoms with E-state index in [2.05, 4.69) is 10.1 Å². The Balaban J connectivity index is 2.21. The van der Waals surface area contributed by atoms with Crippen molar-refractivity contribution < 1.29 is 14.3 Å². The lowest BCUT2D eigenvalue weighted by Gasteiger charge is -2.12. The van der Waals surface area contributed by atoms with Crippen molar-refractivity contribution in [1.82, 2.24) is 0 Å². The Morgan fingerprint density at radius 3 is 2.67 bits per heavy atom. The average Bonchev–Trinajstić information content (AvgIpc) is 3.10. The van der Waals surface area contributed by atoms with E-state index >= 15 is 0 Å². The highest BCUT2D eigenvalue weighted by Gasteiger charge is 2.46. The van der Waals surface area contributed by atoms with Gasteiger partial charge in [0.2, 0.25) is 5.91 Å². The molecule has 0 radical (unpaired) electrons. The minimum atomic E-state index is -0.787. The molecular weight excluding hydrogens is 256 g/mol. The van der Waals surface area contributed by atoms with Crippen LogP contribution in [-0.2, 0) is 9.53 Å². The second-order valence-electron chi connectivity index (χ2n) is 4.30. The van der Waals surface area contributed by atoms with E-state index in [1.165, 1.54) is 25.3 Å². The molecule has 96 valence electrons. The second-order valence-corrected chi connectivity index (χ2v) is 4.70. The summed E-state index contributed by atoms with van der Waals surface area (Å²) in [5.74, 6) is -0.775. The molecule has 0 unspecified atom stereocenters. The SMILES string of the molecule is COC(=O)c1ccc(Cl)c(NC(=O)C2(N)CC2)c1. The molecule has 1 saturated carbocycles. The van der Waals surface area contributed by atoms with Gasteiger partial charge in [-0.25, -0.2) is 4.79 Å². The van der Waals surface area contributed by atoms with Crippen LogP contribution in [0.3, 0.4) is 0 Å². The van der Waals surface area contributed by atoms with Gasteiger partial charge in [-0.05, 0) is 31.0 Å². The summed E-state index contributed by atoms with van der Waals surface area (Å²) in [6.45, 7) is 0. The van der Waals surface area contributed by atoms with Crippen LogP contribution in [0.25, 0.3) is 0 Å². The van der Waals surface area contributed by atoms with Gasteiger partial charge in [0.25, 0.3) is 0 Å². The minimum absolute atomic E-state index is 0.286. The summed E-state index contributed by atoms with van der Waals surface area (Å²) >= 11 is 5.95. The number of methoxy groups -OCH3 is 1. The van der Waals surface area contributed by atoms with E-state index in [1.807, 2.05) is 0 Å². The molecule has 0 aliphatic heterocycles. The first-order chi connectivity index (χ1) is 8.46. The van der Waals surface area contributed by atoms with Crippen molar-refractivity contribution in [2.24, 2.45) is 5.73 Å². The van der Waals surface area contributed by atoms with E-state index in [4.69, 9.17) is 17.3 Å². The standard InChI is InChI=1S/C12H13ClN2O3/c1-18-10(16)7-2-3-8(13)9(6-7)15-11(17)12(14)4-5-12/h2-3,6H,4-5,14H2,1H3,(H,15,17). The topological polar surface area (TPSA) is 81.4 Å². The van der Waals surface area contributed by atoms with Crippen molar-refractivity contribution in [2.75, 3.05) is 12.4 Å². The molecule has 0 heterocycles. The van der Waals surface area contributed by atoms with Crippen molar-refractivity contribution in [3.63, 3.8) is 0 Å². The van der Waals surface area contributed by atoms with Crippen LogP contribution in [0, 0.1) is 0 Å². The molecule has 3 N–H and O–H groups in total. The third-order valence-corrected chi connectivity index (χ3v) is 3.21. The number of rotatable bonds is 3. The van der Waals surface area contributed by atoms with Gasteiger partial charge in [-0.1, -0.05) is 11.6 Å². The van der Waals surface area contributed by atoms with Crippen LogP contribution in [0.1, 0.15) is 23.2 Å². The molecule has 0 atom stereocenters. The van der Waals surface area contributed by atoms with Crippen LogP contribution in [0.4, 0.5) is 5.69 Å². The van der Waals surface area contributed by atoms with Gasteiger partial charge in [-0.15, -0.1) is 0 Å². The Bertz CT molecular complexity index is 512. The molecule has 18 heavy (non-hydrogen) atoms. The van der Waals surface area contributed by atoms with Crippen molar-refractivity contribution in [3.8, 4) is 0 Å². The van der Waals surface area contributed by atoms with Crippen LogP contribution >= 0.6 is 11.6 Å². The first-order valence-electron chi connectivity index (χ1n) is 5.44.